The van der Waals surface area contributed by atoms with Crippen molar-refractivity contribution < 1.29 is 34.8 Å². The molecular formula is C15H18I3N3O7. The number of anilines is 1. The summed E-state index contributed by atoms with van der Waals surface area (Å²) in [6, 6.07) is 0. The lowest BCUT2D eigenvalue weighted by Crippen LogP contribution is -2.37. The summed E-state index contributed by atoms with van der Waals surface area (Å²) in [6.45, 7) is -1.46. The van der Waals surface area contributed by atoms with E-state index in [1.54, 1.807) is 0 Å². The first kappa shape index (κ1) is 25.7. The maximum Gasteiger partial charge on any atom is 0.253 e. The lowest BCUT2D eigenvalue weighted by atomic mass is 10.1. The van der Waals surface area contributed by atoms with Gasteiger partial charge >= 0.3 is 0 Å². The zero-order valence-corrected chi connectivity index (χ0v) is 20.7. The topological polar surface area (TPSA) is 168 Å². The number of aliphatic hydroxyl groups is 4. The molecule has 1 aromatic rings. The largest absolute Gasteiger partial charge is 0.394 e. The first-order valence-corrected chi connectivity index (χ1v) is 11.0. The van der Waals surface area contributed by atoms with Gasteiger partial charge in [-0.15, -0.1) is 0 Å². The van der Waals surface area contributed by atoms with Crippen LogP contribution in [-0.4, -0.2) is 77.2 Å². The Hall–Kier alpha value is -0.340. The molecule has 7 N–H and O–H groups in total. The molecule has 0 saturated heterocycles. The van der Waals surface area contributed by atoms with E-state index in [2.05, 4.69) is 16.0 Å². The Morgan fingerprint density at radius 3 is 1.57 bits per heavy atom. The second-order valence-electron chi connectivity index (χ2n) is 5.42. The van der Waals surface area contributed by atoms with Gasteiger partial charge in [0.2, 0.25) is 6.41 Å². The number of aliphatic hydroxyl groups excluding tert-OH is 4. The molecule has 0 aliphatic carbocycles. The summed E-state index contributed by atoms with van der Waals surface area (Å²) in [6.07, 6.45) is -1.86. The zero-order chi connectivity index (χ0) is 21.4. The number of hydrogen-bond acceptors (Lipinski definition) is 7. The van der Waals surface area contributed by atoms with Crippen LogP contribution in [0, 0.1) is 10.7 Å². The fourth-order valence-corrected chi connectivity index (χ4v) is 6.43. The maximum absolute atomic E-state index is 12.6. The van der Waals surface area contributed by atoms with Crippen LogP contribution in [0.1, 0.15) is 20.7 Å². The highest BCUT2D eigenvalue weighted by Gasteiger charge is 2.28. The molecule has 3 amide bonds. The van der Waals surface area contributed by atoms with Gasteiger partial charge in [-0.3, -0.25) is 14.4 Å². The van der Waals surface area contributed by atoms with Gasteiger partial charge in [-0.25, -0.2) is 0 Å². The van der Waals surface area contributed by atoms with Crippen molar-refractivity contribution in [1.82, 2.24) is 10.6 Å². The van der Waals surface area contributed by atoms with Gasteiger partial charge in [0.1, 0.15) is 0 Å². The van der Waals surface area contributed by atoms with E-state index in [4.69, 9.17) is 10.2 Å². The summed E-state index contributed by atoms with van der Waals surface area (Å²) in [4.78, 5) is 36.2. The monoisotopic (exact) mass is 733 g/mol. The zero-order valence-electron chi connectivity index (χ0n) is 14.2. The van der Waals surface area contributed by atoms with Gasteiger partial charge in [0, 0.05) is 16.7 Å². The van der Waals surface area contributed by atoms with E-state index in [1.165, 1.54) is 0 Å². The summed E-state index contributed by atoms with van der Waals surface area (Å²) in [5.41, 5.74) is 0.491. The average molecular weight is 733 g/mol. The van der Waals surface area contributed by atoms with Gasteiger partial charge in [0.05, 0.1) is 49.4 Å². The van der Waals surface area contributed by atoms with E-state index in [-0.39, 0.29) is 29.9 Å². The number of rotatable bonds is 10. The van der Waals surface area contributed by atoms with Gasteiger partial charge in [0.25, 0.3) is 11.8 Å². The van der Waals surface area contributed by atoms with Gasteiger partial charge in [0.15, 0.2) is 0 Å². The molecule has 10 nitrogen and oxygen atoms in total. The van der Waals surface area contributed by atoms with Gasteiger partial charge in [-0.05, 0) is 67.8 Å². The first-order valence-electron chi connectivity index (χ1n) is 7.74. The molecule has 0 radical (unpaired) electrons. The van der Waals surface area contributed by atoms with Crippen molar-refractivity contribution in [3.05, 3.63) is 21.8 Å². The summed E-state index contributed by atoms with van der Waals surface area (Å²) in [7, 11) is 0. The van der Waals surface area contributed by atoms with Gasteiger partial charge in [-0.1, -0.05) is 0 Å². The molecule has 2 unspecified atom stereocenters. The predicted molar refractivity (Wildman–Crippen MR) is 125 cm³/mol. The van der Waals surface area contributed by atoms with Crippen LogP contribution >= 0.6 is 67.8 Å². The number of hydrogen-bond donors (Lipinski definition) is 7. The van der Waals surface area contributed by atoms with E-state index in [0.717, 1.165) is 0 Å². The van der Waals surface area contributed by atoms with Crippen molar-refractivity contribution in [2.24, 2.45) is 0 Å². The molecule has 13 heteroatoms. The molecule has 1 rings (SSSR count). The summed E-state index contributed by atoms with van der Waals surface area (Å²) >= 11 is 5.56. The molecule has 2 atom stereocenters. The van der Waals surface area contributed by atoms with Crippen LogP contribution in [0.2, 0.25) is 0 Å². The molecule has 0 bridgehead atoms. The maximum atomic E-state index is 12.6. The summed E-state index contributed by atoms with van der Waals surface area (Å²) in [5.74, 6) is -1.20. The molecule has 1 aromatic carbocycles. The normalized spacial score (nSPS) is 12.8. The number of carbonyl (C=O) groups excluding carboxylic acids is 3. The van der Waals surface area contributed by atoms with E-state index in [9.17, 15) is 24.6 Å². The third kappa shape index (κ3) is 6.59. The van der Waals surface area contributed by atoms with E-state index >= 15 is 0 Å². The van der Waals surface area contributed by atoms with Gasteiger partial charge in [-0.2, -0.15) is 0 Å². The molecule has 0 heterocycles. The lowest BCUT2D eigenvalue weighted by Gasteiger charge is -2.19. The average Bonchev–Trinajstić information content (AvgIpc) is 2.67. The molecule has 0 aromatic heterocycles. The molecular weight excluding hydrogens is 715 g/mol. The number of nitrogens with one attached hydrogen (secondary N) is 3. The Morgan fingerprint density at radius 1 is 0.857 bits per heavy atom. The second kappa shape index (κ2) is 12.4. The Kier molecular flexibility index (Phi) is 11.4. The second-order valence-corrected chi connectivity index (χ2v) is 8.66. The number of halogens is 3. The van der Waals surface area contributed by atoms with Crippen LogP contribution in [0.5, 0.6) is 0 Å². The van der Waals surface area contributed by atoms with Gasteiger partial charge < -0.3 is 36.4 Å². The minimum Gasteiger partial charge on any atom is -0.394 e. The highest BCUT2D eigenvalue weighted by atomic mass is 127. The van der Waals surface area contributed by atoms with Crippen molar-refractivity contribution in [2.45, 2.75) is 12.2 Å². The summed E-state index contributed by atoms with van der Waals surface area (Å²) in [5, 5.41) is 44.0. The van der Waals surface area contributed by atoms with Crippen molar-refractivity contribution in [3.8, 4) is 0 Å². The van der Waals surface area contributed by atoms with E-state index in [0.29, 0.717) is 17.1 Å². The van der Waals surface area contributed by atoms with Crippen LogP contribution in [0.25, 0.3) is 0 Å². The minimum atomic E-state index is -1.14. The van der Waals surface area contributed by atoms with Crippen molar-refractivity contribution >= 4 is 91.7 Å². The third-order valence-corrected chi connectivity index (χ3v) is 6.63. The Morgan fingerprint density at radius 2 is 1.25 bits per heavy atom. The van der Waals surface area contributed by atoms with E-state index < -0.39 is 37.2 Å². The predicted octanol–water partition coefficient (Wildman–Crippen LogP) is -0.765. The van der Waals surface area contributed by atoms with Crippen molar-refractivity contribution in [1.29, 1.82) is 0 Å². The Bertz CT molecular complexity index is 695. The molecule has 0 aliphatic heterocycles. The van der Waals surface area contributed by atoms with Crippen LogP contribution in [0.15, 0.2) is 0 Å². The smallest absolute Gasteiger partial charge is 0.253 e. The first-order chi connectivity index (χ1) is 13.2. The molecule has 0 aliphatic rings. The Balaban J connectivity index is 3.39. The quantitative estimate of drug-likeness (QED) is 0.123. The van der Waals surface area contributed by atoms with Crippen LogP contribution < -0.4 is 16.0 Å². The third-order valence-electron chi connectivity index (χ3n) is 3.39. The minimum absolute atomic E-state index is 0.115. The lowest BCUT2D eigenvalue weighted by molar-refractivity contribution is -0.105. The van der Waals surface area contributed by atoms with Crippen LogP contribution in [0.3, 0.4) is 0 Å². The standard InChI is InChI=1S/C15H18I3N3O7/c16-10-8(14(27)19-1-6(25)3-22)11(17)13(21-5-24)12(18)9(10)15(28)20-2-7(26)4-23/h5-7,22-23,25-26H,1-4H2,(H,19,27)(H,20,28)(H,21,24). The highest BCUT2D eigenvalue weighted by Crippen LogP contribution is 2.35. The fraction of sp³-hybridized carbons (Fsp3) is 0.400. The SMILES string of the molecule is O=CNc1c(I)c(C(=O)NCC(O)CO)c(I)c(C(=O)NCC(O)CO)c1I. The molecule has 156 valence electrons. The van der Waals surface area contributed by atoms with E-state index in [1.807, 2.05) is 67.8 Å². The molecule has 0 fully saturated rings. The fourth-order valence-electron chi connectivity index (χ4n) is 1.98. The van der Waals surface area contributed by atoms with Crippen LogP contribution in [0.4, 0.5) is 5.69 Å². The van der Waals surface area contributed by atoms with Crippen LogP contribution in [-0.2, 0) is 4.79 Å². The van der Waals surface area contributed by atoms with Crippen molar-refractivity contribution in [2.75, 3.05) is 31.6 Å². The molecule has 0 saturated carbocycles. The number of carbonyl (C=O) groups is 3. The van der Waals surface area contributed by atoms with Crippen molar-refractivity contribution in [3.63, 3.8) is 0 Å². The number of amides is 3. The Labute approximate surface area is 201 Å². The number of benzene rings is 1. The summed E-state index contributed by atoms with van der Waals surface area (Å²) < 4.78 is 1.08. The molecule has 0 spiro atoms. The molecule has 28 heavy (non-hydrogen) atoms. The highest BCUT2D eigenvalue weighted by molar-refractivity contribution is 14.1.